The summed E-state index contributed by atoms with van der Waals surface area (Å²) in [6, 6.07) is 9.78. The number of ether oxygens (including phenoxy) is 1. The lowest BCUT2D eigenvalue weighted by atomic mass is 10.1. The number of hydrogen-bond acceptors (Lipinski definition) is 5. The van der Waals surface area contributed by atoms with Crippen molar-refractivity contribution in [3.63, 3.8) is 0 Å². The number of benzene rings is 1. The predicted octanol–water partition coefficient (Wildman–Crippen LogP) is 2.68. The van der Waals surface area contributed by atoms with E-state index in [1.54, 1.807) is 42.3 Å². The smallest absolute Gasteiger partial charge is 0.409 e. The average molecular weight is 386 g/mol. The molecule has 1 N–H and O–H groups in total. The molecule has 0 atom stereocenters. The molecule has 2 amide bonds. The summed E-state index contributed by atoms with van der Waals surface area (Å²) in [6.45, 7) is 4.68. The number of amides is 2. The van der Waals surface area contributed by atoms with Gasteiger partial charge in [0.05, 0.1) is 24.9 Å². The summed E-state index contributed by atoms with van der Waals surface area (Å²) in [7, 11) is 0. The number of anilines is 2. The van der Waals surface area contributed by atoms with Crippen LogP contribution in [0.5, 0.6) is 0 Å². The van der Waals surface area contributed by atoms with Crippen molar-refractivity contribution in [2.45, 2.75) is 13.3 Å². The van der Waals surface area contributed by atoms with Gasteiger partial charge in [0, 0.05) is 26.2 Å². The second kappa shape index (κ2) is 9.16. The third-order valence-corrected chi connectivity index (χ3v) is 4.50. The third-order valence-electron chi connectivity index (χ3n) is 4.50. The molecule has 0 aliphatic carbocycles. The summed E-state index contributed by atoms with van der Waals surface area (Å²) < 4.78 is 18.7. The highest BCUT2D eigenvalue weighted by molar-refractivity contribution is 5.91. The van der Waals surface area contributed by atoms with E-state index in [0.717, 1.165) is 5.69 Å². The molecular weight excluding hydrogens is 363 g/mol. The van der Waals surface area contributed by atoms with Gasteiger partial charge in [-0.2, -0.15) is 0 Å². The molecule has 7 nitrogen and oxygen atoms in total. The van der Waals surface area contributed by atoms with E-state index in [9.17, 15) is 14.0 Å². The number of rotatable bonds is 5. The van der Waals surface area contributed by atoms with Crippen LogP contribution in [-0.2, 0) is 16.0 Å². The number of piperazine rings is 1. The molecule has 0 radical (unpaired) electrons. The largest absolute Gasteiger partial charge is 0.450 e. The maximum atomic E-state index is 13.6. The number of nitrogens with zero attached hydrogens (tertiary/aromatic N) is 3. The van der Waals surface area contributed by atoms with Crippen molar-refractivity contribution in [2.75, 3.05) is 43.0 Å². The van der Waals surface area contributed by atoms with Crippen LogP contribution in [0.4, 0.5) is 20.7 Å². The Hall–Kier alpha value is -3.16. The van der Waals surface area contributed by atoms with Gasteiger partial charge in [0.2, 0.25) is 5.91 Å². The van der Waals surface area contributed by atoms with Crippen LogP contribution in [0.1, 0.15) is 12.5 Å². The minimum Gasteiger partial charge on any atom is -0.450 e. The first-order chi connectivity index (χ1) is 13.6. The van der Waals surface area contributed by atoms with Gasteiger partial charge in [0.25, 0.3) is 0 Å². The summed E-state index contributed by atoms with van der Waals surface area (Å²) in [5.74, 6) is -0.313. The van der Waals surface area contributed by atoms with Gasteiger partial charge >= 0.3 is 6.09 Å². The Labute approximate surface area is 163 Å². The second-order valence-electron chi connectivity index (χ2n) is 6.39. The highest BCUT2D eigenvalue weighted by atomic mass is 19.1. The predicted molar refractivity (Wildman–Crippen MR) is 104 cm³/mol. The molecule has 0 bridgehead atoms. The van der Waals surface area contributed by atoms with E-state index >= 15 is 0 Å². The standard InChI is InChI=1S/C20H23FN4O3/c1-2-28-20(27)25-11-9-24(10-12-25)16-7-8-18(22-14-16)23-19(26)13-15-5-3-4-6-17(15)21/h3-8,14H,2,9-13H2,1H3,(H,22,23,26). The number of halogens is 1. The first kappa shape index (κ1) is 19.6. The van der Waals surface area contributed by atoms with Gasteiger partial charge in [-0.3, -0.25) is 4.79 Å². The zero-order chi connectivity index (χ0) is 19.9. The molecule has 2 heterocycles. The number of hydrogen-bond donors (Lipinski definition) is 1. The van der Waals surface area contributed by atoms with Crippen molar-refractivity contribution in [3.8, 4) is 0 Å². The lowest BCUT2D eigenvalue weighted by Crippen LogP contribution is -2.49. The molecule has 1 fully saturated rings. The van der Waals surface area contributed by atoms with Crippen molar-refractivity contribution in [1.29, 1.82) is 0 Å². The molecule has 1 aliphatic heterocycles. The molecule has 1 aromatic carbocycles. The number of pyridine rings is 1. The monoisotopic (exact) mass is 386 g/mol. The van der Waals surface area contributed by atoms with E-state index in [0.29, 0.717) is 44.2 Å². The third kappa shape index (κ3) is 4.97. The van der Waals surface area contributed by atoms with Crippen LogP contribution >= 0.6 is 0 Å². The molecule has 3 rings (SSSR count). The summed E-state index contributed by atoms with van der Waals surface area (Å²) in [5, 5.41) is 2.68. The Morgan fingerprint density at radius 3 is 2.54 bits per heavy atom. The molecule has 0 unspecified atom stereocenters. The van der Waals surface area contributed by atoms with Gasteiger partial charge in [-0.1, -0.05) is 18.2 Å². The van der Waals surface area contributed by atoms with Crippen molar-refractivity contribution >= 4 is 23.5 Å². The molecule has 1 saturated heterocycles. The van der Waals surface area contributed by atoms with E-state index in [-0.39, 0.29) is 18.4 Å². The number of aromatic nitrogens is 1. The maximum Gasteiger partial charge on any atom is 0.409 e. The van der Waals surface area contributed by atoms with E-state index in [4.69, 9.17) is 4.74 Å². The van der Waals surface area contributed by atoms with Gasteiger partial charge in [0.1, 0.15) is 11.6 Å². The lowest BCUT2D eigenvalue weighted by Gasteiger charge is -2.35. The molecule has 2 aromatic rings. The van der Waals surface area contributed by atoms with E-state index in [1.165, 1.54) is 6.07 Å². The molecule has 28 heavy (non-hydrogen) atoms. The van der Waals surface area contributed by atoms with Crippen molar-refractivity contribution in [1.82, 2.24) is 9.88 Å². The molecule has 1 aliphatic rings. The highest BCUT2D eigenvalue weighted by Crippen LogP contribution is 2.18. The van der Waals surface area contributed by atoms with Gasteiger partial charge in [-0.25, -0.2) is 14.2 Å². The quantitative estimate of drug-likeness (QED) is 0.855. The van der Waals surface area contributed by atoms with Crippen molar-refractivity contribution in [3.05, 3.63) is 54.0 Å². The lowest BCUT2D eigenvalue weighted by molar-refractivity contribution is -0.115. The molecule has 0 saturated carbocycles. The van der Waals surface area contributed by atoms with E-state index in [2.05, 4.69) is 15.2 Å². The van der Waals surface area contributed by atoms with Crippen LogP contribution in [-0.4, -0.2) is 54.7 Å². The molecule has 8 heteroatoms. The van der Waals surface area contributed by atoms with Crippen LogP contribution in [0, 0.1) is 5.82 Å². The van der Waals surface area contributed by atoms with Crippen LogP contribution in [0.2, 0.25) is 0 Å². The zero-order valence-corrected chi connectivity index (χ0v) is 15.7. The van der Waals surface area contributed by atoms with Crippen LogP contribution in [0.25, 0.3) is 0 Å². The Balaban J connectivity index is 1.52. The van der Waals surface area contributed by atoms with Gasteiger partial charge in [0.15, 0.2) is 0 Å². The minimum absolute atomic E-state index is 0.0497. The first-order valence-electron chi connectivity index (χ1n) is 9.22. The first-order valence-corrected chi connectivity index (χ1v) is 9.22. The van der Waals surface area contributed by atoms with E-state index < -0.39 is 5.82 Å². The van der Waals surface area contributed by atoms with Crippen molar-refractivity contribution < 1.29 is 18.7 Å². The van der Waals surface area contributed by atoms with Crippen LogP contribution in [0.15, 0.2) is 42.6 Å². The zero-order valence-electron chi connectivity index (χ0n) is 15.7. The summed E-state index contributed by atoms with van der Waals surface area (Å²) in [6.07, 6.45) is 1.35. The Morgan fingerprint density at radius 2 is 1.89 bits per heavy atom. The van der Waals surface area contributed by atoms with Crippen molar-refractivity contribution in [2.24, 2.45) is 0 Å². The fourth-order valence-corrected chi connectivity index (χ4v) is 3.01. The fourth-order valence-electron chi connectivity index (χ4n) is 3.01. The number of carbonyl (C=O) groups excluding carboxylic acids is 2. The SMILES string of the molecule is CCOC(=O)N1CCN(c2ccc(NC(=O)Cc3ccccc3F)nc2)CC1. The highest BCUT2D eigenvalue weighted by Gasteiger charge is 2.22. The van der Waals surface area contributed by atoms with E-state index in [1.807, 2.05) is 6.07 Å². The molecule has 0 spiro atoms. The summed E-state index contributed by atoms with van der Waals surface area (Å²) >= 11 is 0. The Bertz CT molecular complexity index is 820. The maximum absolute atomic E-state index is 13.6. The number of nitrogens with one attached hydrogen (secondary N) is 1. The van der Waals surface area contributed by atoms with Crippen LogP contribution < -0.4 is 10.2 Å². The van der Waals surface area contributed by atoms with Gasteiger partial charge in [-0.15, -0.1) is 0 Å². The molecule has 148 valence electrons. The van der Waals surface area contributed by atoms with Crippen LogP contribution in [0.3, 0.4) is 0 Å². The van der Waals surface area contributed by atoms with Gasteiger partial charge in [-0.05, 0) is 30.7 Å². The Morgan fingerprint density at radius 1 is 1.14 bits per heavy atom. The minimum atomic E-state index is -0.400. The van der Waals surface area contributed by atoms with Gasteiger partial charge < -0.3 is 19.9 Å². The Kier molecular flexibility index (Phi) is 6.41. The molecule has 1 aromatic heterocycles. The fraction of sp³-hybridized carbons (Fsp3) is 0.350. The second-order valence-corrected chi connectivity index (χ2v) is 6.39. The topological polar surface area (TPSA) is 74.8 Å². The normalized spacial score (nSPS) is 13.9. The summed E-state index contributed by atoms with van der Waals surface area (Å²) in [5.41, 5.74) is 1.26. The number of carbonyl (C=O) groups is 2. The average Bonchev–Trinajstić information content (AvgIpc) is 2.71. The summed E-state index contributed by atoms with van der Waals surface area (Å²) in [4.78, 5) is 31.9. The molecular formula is C20H23FN4O3.